The van der Waals surface area contributed by atoms with E-state index >= 15 is 0 Å². The normalized spacial score (nSPS) is 10.9. The summed E-state index contributed by atoms with van der Waals surface area (Å²) in [5.41, 5.74) is 3.44. The van der Waals surface area contributed by atoms with Gasteiger partial charge in [0.1, 0.15) is 5.75 Å². The number of alkyl halides is 3. The number of carbonyl (C=O) groups excluding carboxylic acids is 2. The predicted molar refractivity (Wildman–Crippen MR) is 106 cm³/mol. The lowest BCUT2D eigenvalue weighted by atomic mass is 10.2. The molecule has 0 spiro atoms. The first kappa shape index (κ1) is 23.8. The van der Waals surface area contributed by atoms with Crippen molar-refractivity contribution in [2.24, 2.45) is 0 Å². The van der Waals surface area contributed by atoms with E-state index in [0.717, 1.165) is 25.0 Å². The molecule has 0 aliphatic carbocycles. The third-order valence-electron chi connectivity index (χ3n) is 4.05. The summed E-state index contributed by atoms with van der Waals surface area (Å²) >= 11 is 0. The van der Waals surface area contributed by atoms with Gasteiger partial charge in [-0.15, -0.1) is 0 Å². The first-order valence-corrected chi connectivity index (χ1v) is 9.45. The van der Waals surface area contributed by atoms with Crippen LogP contribution in [0.25, 0.3) is 0 Å². The minimum Gasteiger partial charge on any atom is -0.493 e. The second-order valence-electron chi connectivity index (χ2n) is 6.35. The first-order chi connectivity index (χ1) is 14.8. The highest BCUT2D eigenvalue weighted by atomic mass is 19.4. The summed E-state index contributed by atoms with van der Waals surface area (Å²) in [7, 11) is 1.43. The highest BCUT2D eigenvalue weighted by Gasteiger charge is 2.34. The molecule has 0 heterocycles. The van der Waals surface area contributed by atoms with Gasteiger partial charge in [-0.3, -0.25) is 20.4 Å². The van der Waals surface area contributed by atoms with Crippen molar-refractivity contribution in [1.82, 2.24) is 10.9 Å². The van der Waals surface area contributed by atoms with Crippen molar-refractivity contribution in [3.63, 3.8) is 0 Å². The Bertz CT molecular complexity index is 903. The van der Waals surface area contributed by atoms with Crippen LogP contribution in [0.3, 0.4) is 0 Å². The summed E-state index contributed by atoms with van der Waals surface area (Å²) in [6, 6.07) is 9.02. The molecule has 2 N–H and O–H groups in total. The second-order valence-corrected chi connectivity index (χ2v) is 6.35. The van der Waals surface area contributed by atoms with E-state index in [1.54, 1.807) is 6.07 Å². The summed E-state index contributed by atoms with van der Waals surface area (Å²) < 4.78 is 54.5. The monoisotopic (exact) mass is 440 g/mol. The molecule has 168 valence electrons. The maximum atomic E-state index is 12.9. The Morgan fingerprint density at radius 2 is 1.71 bits per heavy atom. The molecule has 0 aliphatic heterocycles. The van der Waals surface area contributed by atoms with E-state index in [2.05, 4.69) is 10.9 Å². The second kappa shape index (κ2) is 11.1. The lowest BCUT2D eigenvalue weighted by molar-refractivity contribution is -0.139. The number of ether oxygens (including phenoxy) is 3. The molecule has 0 aromatic heterocycles. The van der Waals surface area contributed by atoms with Crippen LogP contribution in [0.5, 0.6) is 17.2 Å². The van der Waals surface area contributed by atoms with Gasteiger partial charge in [0.15, 0.2) is 18.1 Å². The summed E-state index contributed by atoms with van der Waals surface area (Å²) in [6.45, 7) is 1.81. The van der Waals surface area contributed by atoms with Gasteiger partial charge in [0.2, 0.25) is 0 Å². The van der Waals surface area contributed by atoms with Gasteiger partial charge >= 0.3 is 6.18 Å². The van der Waals surface area contributed by atoms with Crippen LogP contribution < -0.4 is 25.1 Å². The Kier molecular flexibility index (Phi) is 8.53. The van der Waals surface area contributed by atoms with Crippen LogP contribution in [-0.4, -0.2) is 32.1 Å². The lowest BCUT2D eigenvalue weighted by Gasteiger charge is -2.14. The highest BCUT2D eigenvalue weighted by Crippen LogP contribution is 2.35. The molecule has 2 aromatic rings. The number of methoxy groups -OCH3 is 1. The standard InChI is InChI=1S/C21H23F3N2O5/c1-3-4-11-30-17-10-9-14(12-18(17)29-2)20(28)26-25-19(27)13-31-16-8-6-5-7-15(16)21(22,23)24/h5-10,12H,3-4,11,13H2,1-2H3,(H,25,27)(H,26,28). The molecule has 0 saturated heterocycles. The SMILES string of the molecule is CCCCOc1ccc(C(=O)NNC(=O)COc2ccccc2C(F)(F)F)cc1OC. The van der Waals surface area contributed by atoms with Gasteiger partial charge < -0.3 is 14.2 Å². The van der Waals surface area contributed by atoms with Crippen molar-refractivity contribution >= 4 is 11.8 Å². The fourth-order valence-corrected chi connectivity index (χ4v) is 2.46. The molecule has 0 saturated carbocycles. The van der Waals surface area contributed by atoms with Crippen molar-refractivity contribution in [3.8, 4) is 17.2 Å². The van der Waals surface area contributed by atoms with E-state index in [1.807, 2.05) is 6.92 Å². The van der Waals surface area contributed by atoms with Gasteiger partial charge in [0, 0.05) is 5.56 Å². The molecule has 0 radical (unpaired) electrons. The van der Waals surface area contributed by atoms with Gasteiger partial charge in [-0.25, -0.2) is 0 Å². The first-order valence-electron chi connectivity index (χ1n) is 9.45. The van der Waals surface area contributed by atoms with Crippen LogP contribution in [0.15, 0.2) is 42.5 Å². The van der Waals surface area contributed by atoms with Crippen LogP contribution >= 0.6 is 0 Å². The number of para-hydroxylation sites is 1. The average molecular weight is 440 g/mol. The van der Waals surface area contributed by atoms with E-state index in [1.165, 1.54) is 31.4 Å². The summed E-state index contributed by atoms with van der Waals surface area (Å²) in [5.74, 6) is -1.14. The van der Waals surface area contributed by atoms with Crippen LogP contribution in [0.2, 0.25) is 0 Å². The molecule has 31 heavy (non-hydrogen) atoms. The largest absolute Gasteiger partial charge is 0.493 e. The van der Waals surface area contributed by atoms with Crippen LogP contribution in [0.4, 0.5) is 13.2 Å². The number of benzene rings is 2. The molecular formula is C21H23F3N2O5. The quantitative estimate of drug-likeness (QED) is 0.459. The van der Waals surface area contributed by atoms with Crippen LogP contribution in [-0.2, 0) is 11.0 Å². The number of hydrazine groups is 1. The third-order valence-corrected chi connectivity index (χ3v) is 4.05. The number of unbranched alkanes of at least 4 members (excludes halogenated alkanes) is 1. The number of nitrogens with one attached hydrogen (secondary N) is 2. The van der Waals surface area contributed by atoms with Crippen LogP contribution in [0, 0.1) is 0 Å². The summed E-state index contributed by atoms with van der Waals surface area (Å²) in [4.78, 5) is 24.1. The number of rotatable bonds is 9. The average Bonchev–Trinajstić information content (AvgIpc) is 2.75. The van der Waals surface area contributed by atoms with E-state index in [0.29, 0.717) is 18.1 Å². The van der Waals surface area contributed by atoms with Gasteiger partial charge in [-0.2, -0.15) is 13.2 Å². The molecule has 2 aromatic carbocycles. The molecule has 0 atom stereocenters. The Hall–Kier alpha value is -3.43. The Balaban J connectivity index is 1.90. The molecule has 7 nitrogen and oxygen atoms in total. The predicted octanol–water partition coefficient (Wildman–Crippen LogP) is 3.73. The summed E-state index contributed by atoms with van der Waals surface area (Å²) in [5, 5.41) is 0. The molecule has 2 rings (SSSR count). The fraction of sp³-hybridized carbons (Fsp3) is 0.333. The number of carbonyl (C=O) groups is 2. The van der Waals surface area contributed by atoms with E-state index in [4.69, 9.17) is 14.2 Å². The van der Waals surface area contributed by atoms with Gasteiger partial charge in [-0.05, 0) is 36.8 Å². The zero-order valence-corrected chi connectivity index (χ0v) is 17.0. The van der Waals surface area contributed by atoms with Crippen molar-refractivity contribution in [3.05, 3.63) is 53.6 Å². The Labute approximate surface area is 177 Å². The maximum Gasteiger partial charge on any atom is 0.419 e. The Morgan fingerprint density at radius 3 is 2.39 bits per heavy atom. The van der Waals surface area contributed by atoms with Gasteiger partial charge in [0.25, 0.3) is 11.8 Å². The molecule has 0 bridgehead atoms. The molecule has 0 fully saturated rings. The maximum absolute atomic E-state index is 12.9. The molecule has 0 unspecified atom stereocenters. The zero-order chi connectivity index (χ0) is 22.9. The zero-order valence-electron chi connectivity index (χ0n) is 17.0. The minimum atomic E-state index is -4.62. The summed E-state index contributed by atoms with van der Waals surface area (Å²) in [6.07, 6.45) is -2.78. The molecule has 10 heteroatoms. The van der Waals surface area contributed by atoms with Crippen molar-refractivity contribution in [1.29, 1.82) is 0 Å². The van der Waals surface area contributed by atoms with Gasteiger partial charge in [0.05, 0.1) is 19.3 Å². The van der Waals surface area contributed by atoms with Crippen molar-refractivity contribution < 1.29 is 37.0 Å². The van der Waals surface area contributed by atoms with E-state index < -0.39 is 35.9 Å². The Morgan fingerprint density at radius 1 is 0.968 bits per heavy atom. The van der Waals surface area contributed by atoms with E-state index in [9.17, 15) is 22.8 Å². The number of halogens is 3. The van der Waals surface area contributed by atoms with Crippen molar-refractivity contribution in [2.45, 2.75) is 25.9 Å². The highest BCUT2D eigenvalue weighted by molar-refractivity contribution is 5.96. The number of amides is 2. The molecule has 0 aliphatic rings. The minimum absolute atomic E-state index is 0.184. The smallest absolute Gasteiger partial charge is 0.419 e. The lowest BCUT2D eigenvalue weighted by Crippen LogP contribution is -2.43. The fourth-order valence-electron chi connectivity index (χ4n) is 2.46. The van der Waals surface area contributed by atoms with E-state index in [-0.39, 0.29) is 5.56 Å². The van der Waals surface area contributed by atoms with Crippen molar-refractivity contribution in [2.75, 3.05) is 20.3 Å². The van der Waals surface area contributed by atoms with Gasteiger partial charge in [-0.1, -0.05) is 25.5 Å². The van der Waals surface area contributed by atoms with Crippen LogP contribution in [0.1, 0.15) is 35.7 Å². The number of hydrogen-bond acceptors (Lipinski definition) is 5. The topological polar surface area (TPSA) is 85.9 Å². The molecular weight excluding hydrogens is 417 g/mol. The molecule has 2 amide bonds. The third kappa shape index (κ3) is 7.09. The number of hydrogen-bond donors (Lipinski definition) is 2.